The quantitative estimate of drug-likeness (QED) is 0.473. The fourth-order valence-corrected chi connectivity index (χ4v) is 2.44. The fraction of sp³-hybridized carbons (Fsp3) is 0.143. The molecule has 1 unspecified atom stereocenters. The van der Waals surface area contributed by atoms with Crippen molar-refractivity contribution >= 4 is 34.2 Å². The minimum Gasteiger partial charge on any atom is -0.271 e. The second-order valence-corrected chi connectivity index (χ2v) is 5.86. The van der Waals surface area contributed by atoms with Gasteiger partial charge in [-0.05, 0) is 70.5 Å². The average Bonchev–Trinajstić information content (AvgIpc) is 2.41. The molecular weight excluding hydrogens is 378 g/mol. The monoisotopic (exact) mass is 390 g/mol. The molecule has 0 heterocycles. The Hall–Kier alpha value is -0.690. The molecule has 0 bridgehead atoms. The lowest BCUT2D eigenvalue weighted by Gasteiger charge is -2.17. The van der Waals surface area contributed by atoms with Crippen LogP contribution in [0.1, 0.15) is 17.2 Å². The van der Waals surface area contributed by atoms with E-state index >= 15 is 0 Å². The minimum absolute atomic E-state index is 0.101. The number of nitrogens with one attached hydrogen (secondary N) is 1. The molecule has 3 N–H and O–H groups in total. The van der Waals surface area contributed by atoms with E-state index in [1.165, 1.54) is 12.1 Å². The van der Waals surface area contributed by atoms with Crippen molar-refractivity contribution in [2.24, 2.45) is 5.84 Å². The maximum absolute atomic E-state index is 13.2. The van der Waals surface area contributed by atoms with Gasteiger partial charge in [-0.2, -0.15) is 0 Å². The van der Waals surface area contributed by atoms with Crippen molar-refractivity contribution in [3.05, 3.63) is 68.0 Å². The van der Waals surface area contributed by atoms with Gasteiger partial charge in [0.2, 0.25) is 0 Å². The Balaban J connectivity index is 2.23. The molecule has 0 spiro atoms. The number of halogens is 3. The third kappa shape index (κ3) is 3.89. The van der Waals surface area contributed by atoms with E-state index in [9.17, 15) is 4.39 Å². The van der Waals surface area contributed by atoms with Crippen LogP contribution >= 0.6 is 34.2 Å². The van der Waals surface area contributed by atoms with E-state index < -0.39 is 0 Å². The normalized spacial score (nSPS) is 12.4. The highest BCUT2D eigenvalue weighted by molar-refractivity contribution is 14.1. The summed E-state index contributed by atoms with van der Waals surface area (Å²) in [6.45, 7) is 0. The van der Waals surface area contributed by atoms with Crippen LogP contribution in [-0.2, 0) is 6.42 Å². The van der Waals surface area contributed by atoms with Crippen LogP contribution in [0, 0.1) is 9.39 Å². The van der Waals surface area contributed by atoms with E-state index in [1.807, 2.05) is 24.3 Å². The molecule has 0 aliphatic carbocycles. The fourth-order valence-electron chi connectivity index (χ4n) is 1.89. The number of benzene rings is 2. The smallest absolute Gasteiger partial charge is 0.123 e. The van der Waals surface area contributed by atoms with Crippen LogP contribution in [-0.4, -0.2) is 0 Å². The van der Waals surface area contributed by atoms with Gasteiger partial charge in [0.15, 0.2) is 0 Å². The van der Waals surface area contributed by atoms with Gasteiger partial charge in [-0.15, -0.1) is 0 Å². The molecule has 1 atom stereocenters. The maximum Gasteiger partial charge on any atom is 0.123 e. The molecule has 5 heteroatoms. The summed E-state index contributed by atoms with van der Waals surface area (Å²) in [7, 11) is 0. The SMILES string of the molecule is NNC(Cc1cc(F)ccc1Cl)c1ccc(I)cc1. The summed E-state index contributed by atoms with van der Waals surface area (Å²) in [4.78, 5) is 0. The first-order valence-corrected chi connectivity index (χ1v) is 7.21. The summed E-state index contributed by atoms with van der Waals surface area (Å²) in [6, 6.07) is 12.3. The van der Waals surface area contributed by atoms with Crippen molar-refractivity contribution in [1.29, 1.82) is 0 Å². The molecule has 2 aromatic rings. The zero-order valence-electron chi connectivity index (χ0n) is 10.0. The molecule has 0 amide bonds. The Kier molecular flexibility index (Phi) is 5.15. The molecule has 2 aromatic carbocycles. The summed E-state index contributed by atoms with van der Waals surface area (Å²) >= 11 is 8.32. The Morgan fingerprint density at radius 2 is 1.89 bits per heavy atom. The predicted molar refractivity (Wildman–Crippen MR) is 84.3 cm³/mol. The van der Waals surface area contributed by atoms with E-state index in [-0.39, 0.29) is 11.9 Å². The van der Waals surface area contributed by atoms with Crippen LogP contribution in [0.2, 0.25) is 5.02 Å². The molecule has 0 aliphatic rings. The molecule has 2 nitrogen and oxygen atoms in total. The number of rotatable bonds is 4. The minimum atomic E-state index is -0.294. The molecule has 0 saturated heterocycles. The highest BCUT2D eigenvalue weighted by Gasteiger charge is 2.13. The molecule has 100 valence electrons. The topological polar surface area (TPSA) is 38.0 Å². The van der Waals surface area contributed by atoms with Gasteiger partial charge in [-0.3, -0.25) is 11.3 Å². The zero-order valence-corrected chi connectivity index (χ0v) is 13.0. The van der Waals surface area contributed by atoms with Crippen LogP contribution in [0.4, 0.5) is 4.39 Å². The number of nitrogens with two attached hydrogens (primary N) is 1. The largest absolute Gasteiger partial charge is 0.271 e. The molecule has 0 aromatic heterocycles. The van der Waals surface area contributed by atoms with Gasteiger partial charge in [-0.1, -0.05) is 23.7 Å². The molecule has 0 aliphatic heterocycles. The van der Waals surface area contributed by atoms with E-state index in [0.717, 1.165) is 14.7 Å². The third-order valence-corrected chi connectivity index (χ3v) is 3.99. The van der Waals surface area contributed by atoms with Crippen molar-refractivity contribution in [3.8, 4) is 0 Å². The van der Waals surface area contributed by atoms with Gasteiger partial charge in [-0.25, -0.2) is 4.39 Å². The summed E-state index contributed by atoms with van der Waals surface area (Å²) < 4.78 is 14.4. The first kappa shape index (κ1) is 14.7. The van der Waals surface area contributed by atoms with Gasteiger partial charge in [0, 0.05) is 8.59 Å². The number of hydrogen-bond donors (Lipinski definition) is 2. The van der Waals surface area contributed by atoms with Gasteiger partial charge in [0.05, 0.1) is 6.04 Å². The average molecular weight is 391 g/mol. The molecule has 0 saturated carbocycles. The molecule has 0 radical (unpaired) electrons. The summed E-state index contributed by atoms with van der Waals surface area (Å²) in [6.07, 6.45) is 0.535. The van der Waals surface area contributed by atoms with Gasteiger partial charge < -0.3 is 0 Å². The van der Waals surface area contributed by atoms with Crippen molar-refractivity contribution in [2.45, 2.75) is 12.5 Å². The lowest BCUT2D eigenvalue weighted by molar-refractivity contribution is 0.548. The van der Waals surface area contributed by atoms with Crippen LogP contribution < -0.4 is 11.3 Å². The second kappa shape index (κ2) is 6.65. The first-order chi connectivity index (χ1) is 9.10. The third-order valence-electron chi connectivity index (χ3n) is 2.91. The number of hydrazine groups is 1. The highest BCUT2D eigenvalue weighted by atomic mass is 127. The van der Waals surface area contributed by atoms with E-state index in [0.29, 0.717) is 11.4 Å². The summed E-state index contributed by atoms with van der Waals surface area (Å²) in [5.74, 6) is 5.30. The van der Waals surface area contributed by atoms with E-state index in [4.69, 9.17) is 17.4 Å². The van der Waals surface area contributed by atoms with Crippen LogP contribution in [0.3, 0.4) is 0 Å². The van der Waals surface area contributed by atoms with Crippen molar-refractivity contribution in [1.82, 2.24) is 5.43 Å². The molecule has 2 rings (SSSR count). The van der Waals surface area contributed by atoms with Crippen molar-refractivity contribution in [2.75, 3.05) is 0 Å². The summed E-state index contributed by atoms with van der Waals surface area (Å²) in [5.41, 5.74) is 4.53. The second-order valence-electron chi connectivity index (χ2n) is 4.21. The maximum atomic E-state index is 13.2. The Bertz CT molecular complexity index is 560. The van der Waals surface area contributed by atoms with Crippen molar-refractivity contribution < 1.29 is 4.39 Å². The Morgan fingerprint density at radius 3 is 2.53 bits per heavy atom. The highest BCUT2D eigenvalue weighted by Crippen LogP contribution is 2.24. The van der Waals surface area contributed by atoms with Gasteiger partial charge in [0.25, 0.3) is 0 Å². The first-order valence-electron chi connectivity index (χ1n) is 5.75. The van der Waals surface area contributed by atoms with Gasteiger partial charge in [0.1, 0.15) is 5.82 Å². The summed E-state index contributed by atoms with van der Waals surface area (Å²) in [5, 5.41) is 0.548. The predicted octanol–water partition coefficient (Wildman–Crippen LogP) is 3.83. The lowest BCUT2D eigenvalue weighted by atomic mass is 9.99. The van der Waals surface area contributed by atoms with Gasteiger partial charge >= 0.3 is 0 Å². The standard InChI is InChI=1S/C14H13ClFIN2/c15-13-6-3-11(16)7-10(13)8-14(19-18)9-1-4-12(17)5-2-9/h1-7,14,19H,8,18H2. The van der Waals surface area contributed by atoms with Crippen LogP contribution in [0.25, 0.3) is 0 Å². The van der Waals surface area contributed by atoms with Crippen LogP contribution in [0.5, 0.6) is 0 Å². The Morgan fingerprint density at radius 1 is 1.21 bits per heavy atom. The Labute approximate surface area is 130 Å². The number of hydrogen-bond acceptors (Lipinski definition) is 2. The lowest BCUT2D eigenvalue weighted by Crippen LogP contribution is -2.29. The molecule has 19 heavy (non-hydrogen) atoms. The van der Waals surface area contributed by atoms with E-state index in [2.05, 4.69) is 28.0 Å². The van der Waals surface area contributed by atoms with Crippen molar-refractivity contribution in [3.63, 3.8) is 0 Å². The molecular formula is C14H13ClFIN2. The molecule has 0 fully saturated rings. The zero-order chi connectivity index (χ0) is 13.8. The van der Waals surface area contributed by atoms with Crippen LogP contribution in [0.15, 0.2) is 42.5 Å². The van der Waals surface area contributed by atoms with E-state index in [1.54, 1.807) is 6.07 Å².